The highest BCUT2D eigenvalue weighted by atomic mass is 35.5. The van der Waals surface area contributed by atoms with Crippen LogP contribution >= 0.6 is 23.7 Å². The van der Waals surface area contributed by atoms with E-state index in [1.54, 1.807) is 6.08 Å². The number of carbonyl (C=O) groups excluding carboxylic acids is 2. The van der Waals surface area contributed by atoms with Crippen molar-refractivity contribution < 1.29 is 9.59 Å². The first-order valence-corrected chi connectivity index (χ1v) is 8.86. The van der Waals surface area contributed by atoms with E-state index in [9.17, 15) is 9.59 Å². The van der Waals surface area contributed by atoms with Gasteiger partial charge in [0, 0.05) is 29.6 Å². The zero-order valence-corrected chi connectivity index (χ0v) is 16.1. The van der Waals surface area contributed by atoms with Crippen LogP contribution in [0.2, 0.25) is 0 Å². The van der Waals surface area contributed by atoms with E-state index in [-0.39, 0.29) is 24.2 Å². The molecule has 0 spiro atoms. The lowest BCUT2D eigenvalue weighted by atomic mass is 10.1. The fraction of sp³-hybridized carbons (Fsp3) is 0.0500. The molecule has 0 aliphatic heterocycles. The van der Waals surface area contributed by atoms with Gasteiger partial charge < -0.3 is 10.6 Å². The molecule has 7 heteroatoms. The summed E-state index contributed by atoms with van der Waals surface area (Å²) >= 11 is 1.36. The molecule has 3 rings (SSSR count). The maximum absolute atomic E-state index is 12.1. The molecule has 0 bridgehead atoms. The summed E-state index contributed by atoms with van der Waals surface area (Å²) in [6.07, 6.45) is 3.26. The molecule has 0 fully saturated rings. The topological polar surface area (TPSA) is 71.1 Å². The van der Waals surface area contributed by atoms with Crippen molar-refractivity contribution in [2.75, 3.05) is 10.6 Å². The first-order valence-electron chi connectivity index (χ1n) is 7.98. The quantitative estimate of drug-likeness (QED) is 0.603. The third-order valence-electron chi connectivity index (χ3n) is 3.44. The van der Waals surface area contributed by atoms with Gasteiger partial charge in [0.1, 0.15) is 0 Å². The first kappa shape index (κ1) is 20.4. The van der Waals surface area contributed by atoms with Gasteiger partial charge in [-0.15, -0.1) is 23.7 Å². The van der Waals surface area contributed by atoms with Crippen LogP contribution in [0.4, 0.5) is 10.8 Å². The second kappa shape index (κ2) is 9.66. The monoisotopic (exact) mass is 399 g/mol. The predicted octanol–water partition coefficient (Wildman–Crippen LogP) is 4.84. The number of amides is 2. The van der Waals surface area contributed by atoms with Crippen LogP contribution in [0, 0.1) is 0 Å². The summed E-state index contributed by atoms with van der Waals surface area (Å²) < 4.78 is 0. The summed E-state index contributed by atoms with van der Waals surface area (Å²) in [4.78, 5) is 27.6. The summed E-state index contributed by atoms with van der Waals surface area (Å²) in [5.74, 6) is -0.361. The number of thiazole rings is 1. The van der Waals surface area contributed by atoms with Crippen molar-refractivity contribution >= 4 is 52.5 Å². The highest BCUT2D eigenvalue weighted by Crippen LogP contribution is 2.26. The molecule has 5 nitrogen and oxygen atoms in total. The van der Waals surface area contributed by atoms with Gasteiger partial charge in [0.2, 0.25) is 11.8 Å². The number of anilines is 2. The molecule has 0 saturated heterocycles. The fourth-order valence-corrected chi connectivity index (χ4v) is 3.06. The summed E-state index contributed by atoms with van der Waals surface area (Å²) in [6, 6.07) is 17.1. The molecule has 138 valence electrons. The van der Waals surface area contributed by atoms with Gasteiger partial charge in [0.15, 0.2) is 5.13 Å². The summed E-state index contributed by atoms with van der Waals surface area (Å²) in [5, 5.41) is 7.92. The number of benzene rings is 2. The van der Waals surface area contributed by atoms with Gasteiger partial charge in [-0.1, -0.05) is 42.5 Å². The molecule has 0 aliphatic carbocycles. The van der Waals surface area contributed by atoms with Crippen molar-refractivity contribution in [1.82, 2.24) is 4.98 Å². The molecule has 0 unspecified atom stereocenters. The first-order chi connectivity index (χ1) is 12.6. The van der Waals surface area contributed by atoms with Crippen LogP contribution in [0.25, 0.3) is 17.3 Å². The molecule has 2 aromatic carbocycles. The second-order valence-electron chi connectivity index (χ2n) is 5.53. The Morgan fingerprint density at radius 3 is 2.56 bits per heavy atom. The Balaban J connectivity index is 0.00000261. The Kier molecular flexibility index (Phi) is 7.28. The van der Waals surface area contributed by atoms with E-state index in [0.717, 1.165) is 16.8 Å². The molecular formula is C20H18ClN3O2S. The van der Waals surface area contributed by atoms with E-state index >= 15 is 0 Å². The van der Waals surface area contributed by atoms with Crippen molar-refractivity contribution in [3.8, 4) is 11.3 Å². The Morgan fingerprint density at radius 1 is 1.04 bits per heavy atom. The molecule has 0 saturated carbocycles. The lowest BCUT2D eigenvalue weighted by molar-refractivity contribution is -0.114. The molecule has 27 heavy (non-hydrogen) atoms. The van der Waals surface area contributed by atoms with Gasteiger partial charge in [-0.3, -0.25) is 9.59 Å². The van der Waals surface area contributed by atoms with Crippen molar-refractivity contribution in [1.29, 1.82) is 0 Å². The minimum atomic E-state index is -0.205. The van der Waals surface area contributed by atoms with Crippen LogP contribution in [0.3, 0.4) is 0 Å². The number of nitrogens with one attached hydrogen (secondary N) is 2. The van der Waals surface area contributed by atoms with E-state index in [0.29, 0.717) is 10.8 Å². The summed E-state index contributed by atoms with van der Waals surface area (Å²) in [6.45, 7) is 1.44. The number of halogens is 1. The van der Waals surface area contributed by atoms with E-state index < -0.39 is 0 Å². The standard InChI is InChI=1S/C20H17N3O2S.ClH/c1-14(24)21-20-23-18(13-26-20)16-8-5-9-17(12-16)22-19(25)11-10-15-6-3-2-4-7-15;/h2-13H,1H3,(H,22,25)(H,21,23,24);1H. The average Bonchev–Trinajstić information content (AvgIpc) is 3.09. The van der Waals surface area contributed by atoms with Crippen LogP contribution in [0.5, 0.6) is 0 Å². The summed E-state index contributed by atoms with van der Waals surface area (Å²) in [7, 11) is 0. The van der Waals surface area contributed by atoms with Crippen molar-refractivity contribution in [2.24, 2.45) is 0 Å². The molecule has 0 radical (unpaired) electrons. The zero-order chi connectivity index (χ0) is 18.4. The largest absolute Gasteiger partial charge is 0.322 e. The molecule has 2 amide bonds. The zero-order valence-electron chi connectivity index (χ0n) is 14.5. The van der Waals surface area contributed by atoms with Crippen molar-refractivity contribution in [3.63, 3.8) is 0 Å². The number of hydrogen-bond acceptors (Lipinski definition) is 4. The minimum absolute atomic E-state index is 0. The van der Waals surface area contributed by atoms with Crippen molar-refractivity contribution in [2.45, 2.75) is 6.92 Å². The highest BCUT2D eigenvalue weighted by Gasteiger charge is 2.07. The average molecular weight is 400 g/mol. The predicted molar refractivity (Wildman–Crippen MR) is 113 cm³/mol. The smallest absolute Gasteiger partial charge is 0.248 e. The maximum atomic E-state index is 12.1. The van der Waals surface area contributed by atoms with Gasteiger partial charge >= 0.3 is 0 Å². The van der Waals surface area contributed by atoms with E-state index in [1.165, 1.54) is 24.3 Å². The molecule has 1 heterocycles. The molecule has 0 atom stereocenters. The molecule has 2 N–H and O–H groups in total. The lowest BCUT2D eigenvalue weighted by Gasteiger charge is -2.04. The van der Waals surface area contributed by atoms with Crippen LogP contribution in [0.15, 0.2) is 66.1 Å². The minimum Gasteiger partial charge on any atom is -0.322 e. The van der Waals surface area contributed by atoms with Gasteiger partial charge in [-0.25, -0.2) is 4.98 Å². The van der Waals surface area contributed by atoms with E-state index in [4.69, 9.17) is 0 Å². The number of aromatic nitrogens is 1. The SMILES string of the molecule is CC(=O)Nc1nc(-c2cccc(NC(=O)C=Cc3ccccc3)c2)cs1.Cl. The normalized spacial score (nSPS) is 10.3. The Morgan fingerprint density at radius 2 is 1.81 bits per heavy atom. The highest BCUT2D eigenvalue weighted by molar-refractivity contribution is 7.14. The van der Waals surface area contributed by atoms with Crippen LogP contribution < -0.4 is 10.6 Å². The molecule has 0 aliphatic rings. The third kappa shape index (κ3) is 6.06. The fourth-order valence-electron chi connectivity index (χ4n) is 2.29. The van der Waals surface area contributed by atoms with Gasteiger partial charge in [0.05, 0.1) is 5.69 Å². The number of nitrogens with zero attached hydrogens (tertiary/aromatic N) is 1. The Bertz CT molecular complexity index is 955. The van der Waals surface area contributed by atoms with Gasteiger partial charge in [-0.05, 0) is 23.8 Å². The molecule has 1 aromatic heterocycles. The number of rotatable bonds is 5. The number of carbonyl (C=O) groups is 2. The molecule has 3 aromatic rings. The van der Waals surface area contributed by atoms with Gasteiger partial charge in [0.25, 0.3) is 0 Å². The summed E-state index contributed by atoms with van der Waals surface area (Å²) in [5.41, 5.74) is 3.25. The Hall–Kier alpha value is -2.96. The van der Waals surface area contributed by atoms with Crippen LogP contribution in [-0.4, -0.2) is 16.8 Å². The molecular weight excluding hydrogens is 382 g/mol. The third-order valence-corrected chi connectivity index (χ3v) is 4.20. The maximum Gasteiger partial charge on any atom is 0.248 e. The van der Waals surface area contributed by atoms with Crippen molar-refractivity contribution in [3.05, 3.63) is 71.6 Å². The second-order valence-corrected chi connectivity index (χ2v) is 6.39. The van der Waals surface area contributed by atoms with E-state index in [1.807, 2.05) is 60.0 Å². The Labute approximate surface area is 167 Å². The number of hydrogen-bond donors (Lipinski definition) is 2. The van der Waals surface area contributed by atoms with Crippen LogP contribution in [-0.2, 0) is 9.59 Å². The van der Waals surface area contributed by atoms with E-state index in [2.05, 4.69) is 15.6 Å². The van der Waals surface area contributed by atoms with Gasteiger partial charge in [-0.2, -0.15) is 0 Å². The lowest BCUT2D eigenvalue weighted by Crippen LogP contribution is -2.07. The van der Waals surface area contributed by atoms with Crippen LogP contribution in [0.1, 0.15) is 12.5 Å².